The van der Waals surface area contributed by atoms with E-state index >= 15 is 0 Å². The highest BCUT2D eigenvalue weighted by Crippen LogP contribution is 2.34. The molecule has 192 valence electrons. The van der Waals surface area contributed by atoms with Gasteiger partial charge in [-0.25, -0.2) is 4.98 Å². The average molecular weight is 499 g/mol. The third kappa shape index (κ3) is 6.72. The molecule has 2 fully saturated rings. The van der Waals surface area contributed by atoms with Gasteiger partial charge in [-0.2, -0.15) is 23.1 Å². The smallest absolute Gasteiger partial charge is 0.407 e. The molecule has 2 aliphatic rings. The van der Waals surface area contributed by atoms with Gasteiger partial charge in [-0.05, 0) is 19.9 Å². The summed E-state index contributed by atoms with van der Waals surface area (Å²) in [6.45, 7) is 5.01. The van der Waals surface area contributed by atoms with Gasteiger partial charge in [0.1, 0.15) is 18.0 Å². The van der Waals surface area contributed by atoms with E-state index in [4.69, 9.17) is 9.15 Å². The van der Waals surface area contributed by atoms with Gasteiger partial charge in [-0.3, -0.25) is 10.1 Å². The van der Waals surface area contributed by atoms with Crippen LogP contribution in [0, 0.1) is 0 Å². The van der Waals surface area contributed by atoms with Gasteiger partial charge in [-0.15, -0.1) is 0 Å². The summed E-state index contributed by atoms with van der Waals surface area (Å²) in [4.78, 5) is 29.9. The Morgan fingerprint density at radius 3 is 2.69 bits per heavy atom. The van der Waals surface area contributed by atoms with E-state index in [0.29, 0.717) is 32.1 Å². The van der Waals surface area contributed by atoms with Gasteiger partial charge in [0, 0.05) is 58.6 Å². The highest BCUT2D eigenvalue weighted by molar-refractivity contribution is 5.77. The van der Waals surface area contributed by atoms with Crippen molar-refractivity contribution < 1.29 is 27.1 Å². The summed E-state index contributed by atoms with van der Waals surface area (Å²) in [5.74, 6) is -0.290. The van der Waals surface area contributed by atoms with E-state index in [1.165, 1.54) is 6.20 Å². The van der Waals surface area contributed by atoms with Gasteiger partial charge >= 0.3 is 6.18 Å². The fourth-order valence-electron chi connectivity index (χ4n) is 3.81. The number of rotatable bonds is 8. The molecule has 0 spiro atoms. The molecule has 0 aromatic carbocycles. The summed E-state index contributed by atoms with van der Waals surface area (Å²) in [7, 11) is 2.04. The topological polar surface area (TPSA) is 112 Å². The van der Waals surface area contributed by atoms with Crippen LogP contribution in [0.5, 0.6) is 0 Å². The second kappa shape index (κ2) is 11.1. The molecule has 11 nitrogen and oxygen atoms in total. The molecule has 1 amide bonds. The first-order valence-corrected chi connectivity index (χ1v) is 11.5. The fourth-order valence-corrected chi connectivity index (χ4v) is 3.81. The van der Waals surface area contributed by atoms with Crippen LogP contribution in [0.1, 0.15) is 18.4 Å². The van der Waals surface area contributed by atoms with Crippen LogP contribution in [0.3, 0.4) is 0 Å². The van der Waals surface area contributed by atoms with Crippen molar-refractivity contribution in [1.82, 2.24) is 24.8 Å². The molecule has 4 heterocycles. The van der Waals surface area contributed by atoms with Crippen LogP contribution in [0.2, 0.25) is 0 Å². The average Bonchev–Trinajstić information content (AvgIpc) is 3.18. The molecule has 2 aromatic heterocycles. The van der Waals surface area contributed by atoms with Gasteiger partial charge in [0.15, 0.2) is 0 Å². The Hall–Kier alpha value is -3.13. The minimum atomic E-state index is -4.63. The molecule has 0 aliphatic carbocycles. The van der Waals surface area contributed by atoms with Gasteiger partial charge in [0.2, 0.25) is 17.7 Å². The Balaban J connectivity index is 1.38. The van der Waals surface area contributed by atoms with Crippen LogP contribution in [-0.2, 0) is 15.7 Å². The zero-order valence-electron chi connectivity index (χ0n) is 19.5. The highest BCUT2D eigenvalue weighted by atomic mass is 19.4. The van der Waals surface area contributed by atoms with Crippen molar-refractivity contribution >= 4 is 29.6 Å². The Kier molecular flexibility index (Phi) is 7.90. The monoisotopic (exact) mass is 498 g/mol. The standard InChI is InChI=1S/C21H29F3N8O3/c1-30-7-9-32(10-8-30)20-27-13-16(35-20)28-19-26-12-15(21(22,23)24)18(29-19)25-4-2-5-31-6-3-11-34-14-17(31)33/h12-13H,2-11,14H2,1H3,(H2,25,26,28,29). The fraction of sp³-hybridized carbons (Fsp3) is 0.619. The van der Waals surface area contributed by atoms with Gasteiger partial charge in [0.05, 0.1) is 6.20 Å². The highest BCUT2D eigenvalue weighted by Gasteiger charge is 2.35. The van der Waals surface area contributed by atoms with Crippen molar-refractivity contribution in [3.05, 3.63) is 18.0 Å². The summed E-state index contributed by atoms with van der Waals surface area (Å²) in [6, 6.07) is 0.430. The van der Waals surface area contributed by atoms with E-state index in [2.05, 4.69) is 30.5 Å². The van der Waals surface area contributed by atoms with Crippen molar-refractivity contribution in [2.24, 2.45) is 0 Å². The molecule has 0 saturated carbocycles. The summed E-state index contributed by atoms with van der Waals surface area (Å²) in [5.41, 5.74) is -0.974. The number of oxazole rings is 1. The number of likely N-dealkylation sites (N-methyl/N-ethyl adjacent to an activating group) is 1. The molecular weight excluding hydrogens is 469 g/mol. The van der Waals surface area contributed by atoms with Gasteiger partial charge in [0.25, 0.3) is 6.01 Å². The number of hydrogen-bond acceptors (Lipinski definition) is 10. The minimum Gasteiger partial charge on any atom is -0.407 e. The number of aromatic nitrogens is 3. The number of ether oxygens (including phenoxy) is 1. The lowest BCUT2D eigenvalue weighted by molar-refractivity contribution is -0.137. The second-order valence-electron chi connectivity index (χ2n) is 8.44. The van der Waals surface area contributed by atoms with Crippen LogP contribution >= 0.6 is 0 Å². The van der Waals surface area contributed by atoms with E-state index in [9.17, 15) is 18.0 Å². The minimum absolute atomic E-state index is 0.0325. The predicted octanol–water partition coefficient (Wildman–Crippen LogP) is 2.03. The van der Waals surface area contributed by atoms with Crippen molar-refractivity contribution in [3.63, 3.8) is 0 Å². The summed E-state index contributed by atoms with van der Waals surface area (Å²) < 4.78 is 51.4. The molecule has 2 aliphatic heterocycles. The first kappa shape index (κ1) is 25.0. The molecule has 0 atom stereocenters. The molecule has 35 heavy (non-hydrogen) atoms. The maximum absolute atomic E-state index is 13.5. The molecule has 2 aromatic rings. The first-order chi connectivity index (χ1) is 16.8. The van der Waals surface area contributed by atoms with Crippen LogP contribution in [0.25, 0.3) is 0 Å². The number of hydrogen-bond donors (Lipinski definition) is 2. The number of alkyl halides is 3. The number of anilines is 4. The van der Waals surface area contributed by atoms with Gasteiger partial charge < -0.3 is 29.2 Å². The zero-order chi connectivity index (χ0) is 24.8. The van der Waals surface area contributed by atoms with Crippen LogP contribution in [0.15, 0.2) is 16.8 Å². The number of carbonyl (C=O) groups excluding carboxylic acids is 1. The van der Waals surface area contributed by atoms with E-state index in [1.54, 1.807) is 4.90 Å². The third-order valence-electron chi connectivity index (χ3n) is 5.79. The first-order valence-electron chi connectivity index (χ1n) is 11.5. The van der Waals surface area contributed by atoms with Crippen LogP contribution in [0.4, 0.5) is 36.8 Å². The summed E-state index contributed by atoms with van der Waals surface area (Å²) in [6.07, 6.45) is -1.27. The lowest BCUT2D eigenvalue weighted by atomic mass is 10.3. The summed E-state index contributed by atoms with van der Waals surface area (Å²) in [5, 5.41) is 5.52. The SMILES string of the molecule is CN1CCN(c2ncc(Nc3ncc(C(F)(F)F)c(NCCCN4CCCOCC4=O)n3)o2)CC1. The quantitative estimate of drug-likeness (QED) is 0.525. The van der Waals surface area contributed by atoms with E-state index in [-0.39, 0.29) is 36.7 Å². The number of halogens is 3. The zero-order valence-corrected chi connectivity index (χ0v) is 19.5. The number of amides is 1. The normalized spacial score (nSPS) is 18.0. The molecule has 2 N–H and O–H groups in total. The molecule has 0 unspecified atom stereocenters. The van der Waals surface area contributed by atoms with Crippen molar-refractivity contribution in [2.75, 3.05) is 81.6 Å². The van der Waals surface area contributed by atoms with Crippen molar-refractivity contribution in [2.45, 2.75) is 19.0 Å². The predicted molar refractivity (Wildman–Crippen MR) is 122 cm³/mol. The van der Waals surface area contributed by atoms with Crippen LogP contribution in [-0.4, -0.2) is 96.7 Å². The molecule has 2 saturated heterocycles. The largest absolute Gasteiger partial charge is 0.421 e. The van der Waals surface area contributed by atoms with Crippen LogP contribution < -0.4 is 15.5 Å². The van der Waals surface area contributed by atoms with Gasteiger partial charge in [-0.1, -0.05) is 0 Å². The summed E-state index contributed by atoms with van der Waals surface area (Å²) >= 11 is 0. The third-order valence-corrected chi connectivity index (χ3v) is 5.79. The Morgan fingerprint density at radius 2 is 1.91 bits per heavy atom. The number of piperazine rings is 1. The van der Waals surface area contributed by atoms with E-state index < -0.39 is 11.7 Å². The molecule has 14 heteroatoms. The van der Waals surface area contributed by atoms with E-state index in [0.717, 1.165) is 38.8 Å². The Labute approximate surface area is 200 Å². The molecule has 0 radical (unpaired) electrons. The number of nitrogens with zero attached hydrogens (tertiary/aromatic N) is 6. The lowest BCUT2D eigenvalue weighted by Crippen LogP contribution is -2.44. The lowest BCUT2D eigenvalue weighted by Gasteiger charge is -2.31. The second-order valence-corrected chi connectivity index (χ2v) is 8.44. The number of carbonyl (C=O) groups is 1. The molecular formula is C21H29F3N8O3. The van der Waals surface area contributed by atoms with Crippen molar-refractivity contribution in [1.29, 1.82) is 0 Å². The molecule has 0 bridgehead atoms. The Bertz CT molecular complexity index is 994. The Morgan fingerprint density at radius 1 is 1.11 bits per heavy atom. The van der Waals surface area contributed by atoms with E-state index in [1.807, 2.05) is 11.9 Å². The van der Waals surface area contributed by atoms with Crippen molar-refractivity contribution in [3.8, 4) is 0 Å². The maximum atomic E-state index is 13.5. The maximum Gasteiger partial charge on any atom is 0.421 e. The number of nitrogens with one attached hydrogen (secondary N) is 2. The molecule has 4 rings (SSSR count).